The number of fused-ring (bicyclic) bond motifs is 1. The van der Waals surface area contributed by atoms with Crippen molar-refractivity contribution in [3.05, 3.63) is 64.2 Å². The van der Waals surface area contributed by atoms with Crippen molar-refractivity contribution in [2.75, 3.05) is 46.8 Å². The monoisotopic (exact) mass is 540 g/mol. The molecule has 0 unspecified atom stereocenters. The van der Waals surface area contributed by atoms with Crippen LogP contribution in [0.25, 0.3) is 22.0 Å². The summed E-state index contributed by atoms with van der Waals surface area (Å²) in [7, 11) is 6.80. The van der Waals surface area contributed by atoms with Crippen molar-refractivity contribution >= 4 is 45.5 Å². The van der Waals surface area contributed by atoms with E-state index in [1.807, 2.05) is 25.2 Å². The highest BCUT2D eigenvalue weighted by Crippen LogP contribution is 2.41. The number of benzene rings is 2. The van der Waals surface area contributed by atoms with Crippen LogP contribution in [0.2, 0.25) is 10.0 Å². The minimum Gasteiger partial charge on any atom is -0.496 e. The molecule has 2 heterocycles. The Morgan fingerprint density at radius 2 is 1.84 bits per heavy atom. The number of pyridine rings is 1. The number of rotatable bonds is 10. The number of methoxy groups -OCH3 is 3. The molecule has 0 aliphatic rings. The molecule has 192 valence electrons. The highest BCUT2D eigenvalue weighted by Gasteiger charge is 2.18. The minimum atomic E-state index is 0.344. The number of hydrogen-bond acceptors (Lipinski definition) is 8. The largest absolute Gasteiger partial charge is 0.496 e. The second-order valence-corrected chi connectivity index (χ2v) is 9.17. The van der Waals surface area contributed by atoms with E-state index in [4.69, 9.17) is 41.8 Å². The molecule has 1 N–H and O–H groups in total. The van der Waals surface area contributed by atoms with Gasteiger partial charge < -0.3 is 23.9 Å². The van der Waals surface area contributed by atoms with E-state index in [1.165, 1.54) is 13.3 Å². The molecule has 4 rings (SSSR count). The van der Waals surface area contributed by atoms with Crippen LogP contribution in [0.4, 0.5) is 11.4 Å². The summed E-state index contributed by atoms with van der Waals surface area (Å²) in [5, 5.41) is 14.5. The highest BCUT2D eigenvalue weighted by atomic mass is 35.5. The van der Waals surface area contributed by atoms with Crippen LogP contribution in [0.1, 0.15) is 11.3 Å². The summed E-state index contributed by atoms with van der Waals surface area (Å²) < 4.78 is 22.0. The Balaban J connectivity index is 1.75. The predicted molar refractivity (Wildman–Crippen MR) is 145 cm³/mol. The molecular formula is C27H26Cl2N4O4. The Morgan fingerprint density at radius 1 is 1.05 bits per heavy atom. The van der Waals surface area contributed by atoms with E-state index >= 15 is 0 Å². The Kier molecular flexibility index (Phi) is 8.41. The van der Waals surface area contributed by atoms with Gasteiger partial charge in [-0.3, -0.25) is 9.88 Å². The van der Waals surface area contributed by atoms with E-state index in [2.05, 4.69) is 21.3 Å². The average Bonchev–Trinajstić information content (AvgIpc) is 3.36. The van der Waals surface area contributed by atoms with E-state index < -0.39 is 0 Å². The fraction of sp³-hybridized carbons (Fsp3) is 0.259. The van der Waals surface area contributed by atoms with Crippen LogP contribution >= 0.6 is 23.2 Å². The minimum absolute atomic E-state index is 0.344. The molecule has 0 amide bonds. The molecule has 0 spiro atoms. The molecular weight excluding hydrogens is 515 g/mol. The average molecular weight is 541 g/mol. The zero-order chi connectivity index (χ0) is 26.5. The number of likely N-dealkylation sites (N-methyl/N-ethyl adjacent to an activating group) is 1. The zero-order valence-electron chi connectivity index (χ0n) is 20.9. The van der Waals surface area contributed by atoms with Gasteiger partial charge in [-0.05, 0) is 31.3 Å². The normalized spacial score (nSPS) is 11.1. The molecule has 0 saturated heterocycles. The van der Waals surface area contributed by atoms with Crippen molar-refractivity contribution in [3.63, 3.8) is 0 Å². The number of furan rings is 1. The quantitative estimate of drug-likeness (QED) is 0.243. The van der Waals surface area contributed by atoms with Crippen LogP contribution in [0.15, 0.2) is 47.2 Å². The van der Waals surface area contributed by atoms with Crippen molar-refractivity contribution in [1.29, 1.82) is 5.26 Å². The van der Waals surface area contributed by atoms with Crippen molar-refractivity contribution in [1.82, 2.24) is 9.88 Å². The SMILES string of the molecule is COCCN(C)Cc1cc(-c2cc3ncc(C#N)c(Nc4cc(OC)c(Cl)cc4Cl)c3cc2OC)co1. The Bertz CT molecular complexity index is 1470. The third-order valence-electron chi connectivity index (χ3n) is 5.88. The first-order valence-electron chi connectivity index (χ1n) is 11.3. The summed E-state index contributed by atoms with van der Waals surface area (Å²) in [4.78, 5) is 6.64. The van der Waals surface area contributed by atoms with E-state index in [0.717, 1.165) is 23.4 Å². The molecule has 37 heavy (non-hydrogen) atoms. The van der Waals surface area contributed by atoms with Gasteiger partial charge in [0.15, 0.2) is 0 Å². The van der Waals surface area contributed by atoms with Gasteiger partial charge in [0.25, 0.3) is 0 Å². The molecule has 4 aromatic rings. The Morgan fingerprint density at radius 3 is 2.54 bits per heavy atom. The number of anilines is 2. The van der Waals surface area contributed by atoms with Crippen LogP contribution < -0.4 is 14.8 Å². The smallest absolute Gasteiger partial charge is 0.139 e. The van der Waals surface area contributed by atoms with Crippen LogP contribution in [-0.4, -0.2) is 51.4 Å². The predicted octanol–water partition coefficient (Wildman–Crippen LogP) is 6.51. The highest BCUT2D eigenvalue weighted by molar-refractivity contribution is 6.37. The number of hydrogen-bond donors (Lipinski definition) is 1. The molecule has 0 fully saturated rings. The molecule has 0 aliphatic heterocycles. The van der Waals surface area contributed by atoms with Gasteiger partial charge in [-0.25, -0.2) is 0 Å². The fourth-order valence-corrected chi connectivity index (χ4v) is 4.45. The zero-order valence-corrected chi connectivity index (χ0v) is 22.4. The molecule has 0 atom stereocenters. The van der Waals surface area contributed by atoms with E-state index in [-0.39, 0.29) is 0 Å². The topological polar surface area (TPSA) is 92.8 Å². The summed E-state index contributed by atoms with van der Waals surface area (Å²) in [5.74, 6) is 1.87. The Labute approximate surface area is 225 Å². The van der Waals surface area contributed by atoms with Gasteiger partial charge in [-0.15, -0.1) is 0 Å². The van der Waals surface area contributed by atoms with Gasteiger partial charge >= 0.3 is 0 Å². The van der Waals surface area contributed by atoms with E-state index in [9.17, 15) is 5.26 Å². The third-order valence-corrected chi connectivity index (χ3v) is 6.49. The fourth-order valence-electron chi connectivity index (χ4n) is 3.95. The lowest BCUT2D eigenvalue weighted by Crippen LogP contribution is -2.21. The molecule has 0 saturated carbocycles. The standard InChI is InChI=1S/C27H26Cl2N4O4/c1-33(5-6-34-2)14-18-7-16(15-37-18)19-8-23-20(9-25(19)35-3)27(17(12-30)13-31-23)32-24-11-26(36-4)22(29)10-21(24)28/h7-11,13,15H,5-6,14H2,1-4H3,(H,31,32). The molecule has 0 radical (unpaired) electrons. The van der Waals surface area contributed by atoms with Crippen molar-refractivity contribution in [2.24, 2.45) is 0 Å². The lowest BCUT2D eigenvalue weighted by molar-refractivity contribution is 0.155. The maximum atomic E-state index is 9.79. The lowest BCUT2D eigenvalue weighted by Gasteiger charge is -2.16. The number of ether oxygens (including phenoxy) is 3. The van der Waals surface area contributed by atoms with Gasteiger partial charge in [0.2, 0.25) is 0 Å². The van der Waals surface area contributed by atoms with Gasteiger partial charge in [-0.1, -0.05) is 23.2 Å². The second-order valence-electron chi connectivity index (χ2n) is 8.35. The van der Waals surface area contributed by atoms with Gasteiger partial charge in [-0.2, -0.15) is 5.26 Å². The van der Waals surface area contributed by atoms with E-state index in [1.54, 1.807) is 32.6 Å². The number of aromatic nitrogens is 1. The van der Waals surface area contributed by atoms with Crippen molar-refractivity contribution in [3.8, 4) is 28.7 Å². The maximum Gasteiger partial charge on any atom is 0.139 e. The van der Waals surface area contributed by atoms with Gasteiger partial charge in [0.1, 0.15) is 23.3 Å². The molecule has 10 heteroatoms. The van der Waals surface area contributed by atoms with Crippen molar-refractivity contribution < 1.29 is 18.6 Å². The first-order valence-corrected chi connectivity index (χ1v) is 12.1. The summed E-state index contributed by atoms with van der Waals surface area (Å²) in [6.45, 7) is 2.07. The second kappa shape index (κ2) is 11.7. The number of nitrogens with one attached hydrogen (secondary N) is 1. The van der Waals surface area contributed by atoms with Gasteiger partial charge in [0, 0.05) is 42.4 Å². The molecule has 0 aliphatic carbocycles. The van der Waals surface area contributed by atoms with Crippen LogP contribution in [0.5, 0.6) is 11.5 Å². The first kappa shape index (κ1) is 26.6. The van der Waals surface area contributed by atoms with Crippen LogP contribution in [0.3, 0.4) is 0 Å². The summed E-state index contributed by atoms with van der Waals surface area (Å²) in [6.07, 6.45) is 3.22. The van der Waals surface area contributed by atoms with Crippen LogP contribution in [0, 0.1) is 11.3 Å². The Hall–Kier alpha value is -3.48. The third kappa shape index (κ3) is 5.76. The molecule has 0 bridgehead atoms. The van der Waals surface area contributed by atoms with Crippen molar-refractivity contribution in [2.45, 2.75) is 6.54 Å². The summed E-state index contributed by atoms with van der Waals surface area (Å²) in [6, 6.07) is 11.2. The number of halogens is 2. The maximum absolute atomic E-state index is 9.79. The lowest BCUT2D eigenvalue weighted by atomic mass is 10.0. The summed E-state index contributed by atoms with van der Waals surface area (Å²) in [5.41, 5.74) is 3.76. The number of nitrogens with zero attached hydrogens (tertiary/aromatic N) is 3. The number of nitriles is 1. The van der Waals surface area contributed by atoms with E-state index in [0.29, 0.717) is 62.5 Å². The summed E-state index contributed by atoms with van der Waals surface area (Å²) >= 11 is 12.6. The van der Waals surface area contributed by atoms with Crippen LogP contribution in [-0.2, 0) is 11.3 Å². The molecule has 8 nitrogen and oxygen atoms in total. The first-order chi connectivity index (χ1) is 17.9. The molecule has 2 aromatic carbocycles. The molecule has 2 aromatic heterocycles. The van der Waals surface area contributed by atoms with Gasteiger partial charge in [0.05, 0.1) is 66.1 Å².